The summed E-state index contributed by atoms with van der Waals surface area (Å²) in [6, 6.07) is 14.8. The standard InChI is InChI=1S/C23H23N5O6S.ClH/c29-23(26-30)14-27(13-18-1-3-20(4-2-18)28-17-24-16-25-28)35(31,32)22-7-5-21(6-8-22)34-12-10-19-9-11-33-15-19;/h1-9,11,15-17,30H,10,12-14H2,(H,26,29);1H. The molecule has 0 aliphatic heterocycles. The lowest BCUT2D eigenvalue weighted by atomic mass is 10.2. The normalized spacial score (nSPS) is 11.2. The third-order valence-electron chi connectivity index (χ3n) is 5.12. The second kappa shape index (κ2) is 12.3. The molecular weight excluding hydrogens is 510 g/mol. The lowest BCUT2D eigenvalue weighted by molar-refractivity contribution is -0.129. The van der Waals surface area contributed by atoms with Crippen LogP contribution in [0.4, 0.5) is 0 Å². The quantitative estimate of drug-likeness (QED) is 0.221. The van der Waals surface area contributed by atoms with Crippen molar-refractivity contribution in [3.8, 4) is 11.4 Å². The van der Waals surface area contributed by atoms with E-state index in [1.54, 1.807) is 59.9 Å². The van der Waals surface area contributed by atoms with E-state index in [0.29, 0.717) is 24.3 Å². The fourth-order valence-electron chi connectivity index (χ4n) is 3.30. The first kappa shape index (κ1) is 26.9. The van der Waals surface area contributed by atoms with E-state index in [0.717, 1.165) is 15.6 Å². The number of hydroxylamine groups is 1. The maximum absolute atomic E-state index is 13.3. The summed E-state index contributed by atoms with van der Waals surface area (Å²) in [7, 11) is -4.06. The van der Waals surface area contributed by atoms with Crippen molar-refractivity contribution in [1.29, 1.82) is 0 Å². The van der Waals surface area contributed by atoms with Crippen LogP contribution in [-0.4, -0.2) is 51.8 Å². The second-order valence-electron chi connectivity index (χ2n) is 7.52. The average Bonchev–Trinajstić information content (AvgIpc) is 3.59. The number of carbonyl (C=O) groups is 1. The number of nitrogens with one attached hydrogen (secondary N) is 1. The predicted molar refractivity (Wildman–Crippen MR) is 130 cm³/mol. The molecule has 0 atom stereocenters. The largest absolute Gasteiger partial charge is 0.493 e. The predicted octanol–water partition coefficient (Wildman–Crippen LogP) is 2.60. The molecule has 11 nitrogen and oxygen atoms in total. The fourth-order valence-corrected chi connectivity index (χ4v) is 4.68. The first-order chi connectivity index (χ1) is 17.0. The molecule has 0 bridgehead atoms. The highest BCUT2D eigenvalue weighted by Gasteiger charge is 2.27. The summed E-state index contributed by atoms with van der Waals surface area (Å²) >= 11 is 0. The van der Waals surface area contributed by atoms with Crippen LogP contribution in [0, 0.1) is 0 Å². The highest BCUT2D eigenvalue weighted by molar-refractivity contribution is 7.89. The zero-order chi connectivity index (χ0) is 24.7. The van der Waals surface area contributed by atoms with E-state index in [2.05, 4.69) is 10.1 Å². The van der Waals surface area contributed by atoms with Gasteiger partial charge >= 0.3 is 0 Å². The zero-order valence-electron chi connectivity index (χ0n) is 18.9. The van der Waals surface area contributed by atoms with Crippen LogP contribution in [0.3, 0.4) is 0 Å². The number of nitrogens with zero attached hydrogens (tertiary/aromatic N) is 4. The van der Waals surface area contributed by atoms with Crippen LogP contribution in [-0.2, 0) is 27.8 Å². The summed E-state index contributed by atoms with van der Waals surface area (Å²) in [6.45, 7) is -0.248. The number of halogens is 1. The first-order valence-electron chi connectivity index (χ1n) is 10.6. The molecule has 2 aromatic carbocycles. The Balaban J connectivity index is 0.00000361. The Bertz CT molecular complexity index is 1330. The molecule has 0 unspecified atom stereocenters. The van der Waals surface area contributed by atoms with E-state index in [1.165, 1.54) is 23.9 Å². The summed E-state index contributed by atoms with van der Waals surface area (Å²) in [4.78, 5) is 15.7. The highest BCUT2D eigenvalue weighted by atomic mass is 35.5. The lowest BCUT2D eigenvalue weighted by Gasteiger charge is -2.21. The third kappa shape index (κ3) is 6.70. The van der Waals surface area contributed by atoms with Crippen molar-refractivity contribution in [1.82, 2.24) is 24.5 Å². The smallest absolute Gasteiger partial charge is 0.258 e. The maximum atomic E-state index is 13.3. The first-order valence-corrected chi connectivity index (χ1v) is 12.0. The molecule has 13 heteroatoms. The van der Waals surface area contributed by atoms with Crippen molar-refractivity contribution in [3.05, 3.63) is 90.9 Å². The van der Waals surface area contributed by atoms with E-state index in [1.807, 2.05) is 6.07 Å². The van der Waals surface area contributed by atoms with Crippen molar-refractivity contribution in [2.75, 3.05) is 13.2 Å². The number of ether oxygens (including phenoxy) is 1. The molecule has 4 aromatic rings. The van der Waals surface area contributed by atoms with Crippen molar-refractivity contribution in [3.63, 3.8) is 0 Å². The van der Waals surface area contributed by atoms with Gasteiger partial charge in [0.15, 0.2) is 0 Å². The molecule has 0 saturated carbocycles. The third-order valence-corrected chi connectivity index (χ3v) is 6.93. The lowest BCUT2D eigenvalue weighted by Crippen LogP contribution is -2.39. The molecule has 36 heavy (non-hydrogen) atoms. The fraction of sp³-hybridized carbons (Fsp3) is 0.174. The van der Waals surface area contributed by atoms with Crippen LogP contribution in [0.25, 0.3) is 5.69 Å². The van der Waals surface area contributed by atoms with Gasteiger partial charge in [0.1, 0.15) is 18.4 Å². The van der Waals surface area contributed by atoms with E-state index in [4.69, 9.17) is 14.4 Å². The van der Waals surface area contributed by atoms with Crippen LogP contribution >= 0.6 is 12.4 Å². The highest BCUT2D eigenvalue weighted by Crippen LogP contribution is 2.22. The number of furan rings is 1. The Labute approximate surface area is 213 Å². The molecule has 0 spiro atoms. The number of aromatic nitrogens is 3. The van der Waals surface area contributed by atoms with Crippen LogP contribution < -0.4 is 10.2 Å². The number of benzene rings is 2. The van der Waals surface area contributed by atoms with Crippen LogP contribution in [0.5, 0.6) is 5.75 Å². The zero-order valence-corrected chi connectivity index (χ0v) is 20.6. The van der Waals surface area contributed by atoms with Gasteiger partial charge in [-0.15, -0.1) is 12.4 Å². The summed E-state index contributed by atoms with van der Waals surface area (Å²) in [6.07, 6.45) is 6.82. The van der Waals surface area contributed by atoms with Crippen molar-refractivity contribution in [2.45, 2.75) is 17.9 Å². The minimum atomic E-state index is -4.06. The molecule has 2 heterocycles. The summed E-state index contributed by atoms with van der Waals surface area (Å²) < 4.78 is 39.9. The van der Waals surface area contributed by atoms with Gasteiger partial charge in [-0.3, -0.25) is 10.0 Å². The number of rotatable bonds is 11. The maximum Gasteiger partial charge on any atom is 0.258 e. The molecule has 2 aromatic heterocycles. The number of hydrogen-bond donors (Lipinski definition) is 2. The molecule has 0 saturated heterocycles. The van der Waals surface area contributed by atoms with Crippen LogP contribution in [0.15, 0.2) is 89.1 Å². The molecule has 4 rings (SSSR count). The van der Waals surface area contributed by atoms with Crippen LogP contribution in [0.2, 0.25) is 0 Å². The Morgan fingerprint density at radius 1 is 1.08 bits per heavy atom. The van der Waals surface area contributed by atoms with Crippen molar-refractivity contribution < 1.29 is 27.6 Å². The summed E-state index contributed by atoms with van der Waals surface area (Å²) in [5, 5.41) is 13.0. The van der Waals surface area contributed by atoms with Gasteiger partial charge in [-0.2, -0.15) is 9.40 Å². The van der Waals surface area contributed by atoms with Gasteiger partial charge in [-0.05, 0) is 53.6 Å². The van der Waals surface area contributed by atoms with Gasteiger partial charge in [-0.1, -0.05) is 12.1 Å². The number of hydrogen-bond acceptors (Lipinski definition) is 8. The minimum absolute atomic E-state index is 0. The summed E-state index contributed by atoms with van der Waals surface area (Å²) in [5.74, 6) is -0.345. The van der Waals surface area contributed by atoms with E-state index in [-0.39, 0.29) is 23.8 Å². The SMILES string of the molecule is Cl.O=C(CN(Cc1ccc(-n2cncn2)cc1)S(=O)(=O)c1ccc(OCCc2ccoc2)cc1)NO. The van der Waals surface area contributed by atoms with Crippen molar-refractivity contribution >= 4 is 28.3 Å². The minimum Gasteiger partial charge on any atom is -0.493 e. The van der Waals surface area contributed by atoms with Gasteiger partial charge < -0.3 is 9.15 Å². The Morgan fingerprint density at radius 2 is 1.83 bits per heavy atom. The number of amides is 1. The van der Waals surface area contributed by atoms with E-state index in [9.17, 15) is 13.2 Å². The van der Waals surface area contributed by atoms with Gasteiger partial charge in [-0.25, -0.2) is 23.6 Å². The van der Waals surface area contributed by atoms with Gasteiger partial charge in [0, 0.05) is 13.0 Å². The number of sulfonamides is 1. The summed E-state index contributed by atoms with van der Waals surface area (Å²) in [5.41, 5.74) is 3.87. The second-order valence-corrected chi connectivity index (χ2v) is 9.45. The van der Waals surface area contributed by atoms with Crippen LogP contribution in [0.1, 0.15) is 11.1 Å². The Kier molecular flexibility index (Phi) is 9.19. The number of carbonyl (C=O) groups excluding carboxylic acids is 1. The monoisotopic (exact) mass is 533 g/mol. The van der Waals surface area contributed by atoms with E-state index >= 15 is 0 Å². The van der Waals surface area contributed by atoms with Gasteiger partial charge in [0.25, 0.3) is 5.91 Å². The molecule has 0 aliphatic carbocycles. The average molecular weight is 534 g/mol. The van der Waals surface area contributed by atoms with Crippen molar-refractivity contribution in [2.24, 2.45) is 0 Å². The molecule has 1 amide bonds. The van der Waals surface area contributed by atoms with Gasteiger partial charge in [0.2, 0.25) is 10.0 Å². The molecule has 0 aliphatic rings. The topological polar surface area (TPSA) is 140 Å². The van der Waals surface area contributed by atoms with E-state index < -0.39 is 22.5 Å². The Morgan fingerprint density at radius 3 is 2.44 bits per heavy atom. The molecule has 0 radical (unpaired) electrons. The molecule has 2 N–H and O–H groups in total. The Hall–Kier alpha value is -3.71. The molecule has 190 valence electrons. The molecule has 0 fully saturated rings. The molecular formula is C23H24ClN5O6S. The van der Waals surface area contributed by atoms with Gasteiger partial charge in [0.05, 0.1) is 36.3 Å².